The molecule has 0 amide bonds. The lowest BCUT2D eigenvalue weighted by Crippen LogP contribution is -2.70. The molecule has 0 fully saturated rings. The molecule has 49 heavy (non-hydrogen) atoms. The zero-order valence-corrected chi connectivity index (χ0v) is 23.1. The highest BCUT2D eigenvalue weighted by atomic mass is 32.3. The summed E-state index contributed by atoms with van der Waals surface area (Å²) in [5.74, 6) is -87.8. The number of rotatable bonds is 16. The van der Waals surface area contributed by atoms with Crippen molar-refractivity contribution in [1.82, 2.24) is 0 Å². The summed E-state index contributed by atoms with van der Waals surface area (Å²) in [6.07, 6.45) is -23.2. The van der Waals surface area contributed by atoms with E-state index < -0.39 is 116 Å². The van der Waals surface area contributed by atoms with E-state index in [1.807, 2.05) is 0 Å². The molecular formula is C16H8F26O5S2. The van der Waals surface area contributed by atoms with Gasteiger partial charge in [-0.2, -0.15) is 131 Å². The van der Waals surface area contributed by atoms with Gasteiger partial charge in [-0.05, 0) is 0 Å². The van der Waals surface area contributed by atoms with Crippen LogP contribution in [0.15, 0.2) is 0 Å². The van der Waals surface area contributed by atoms with Crippen molar-refractivity contribution in [3.8, 4) is 0 Å². The van der Waals surface area contributed by atoms with Gasteiger partial charge in [0, 0.05) is 12.8 Å². The normalized spacial score (nSPS) is 16.7. The SMILES string of the molecule is O=S(=O)(CCC(F)(F)C(F)(F)C(F)(F)C(F)(F)C(F)(F)C(F)(F)F)OS(=O)(=O)CCC(F)(F)C(F)(F)C(F)(F)C(F)(F)C(F)(F)C(F)(F)F. The summed E-state index contributed by atoms with van der Waals surface area (Å²) in [5.41, 5.74) is 0. The van der Waals surface area contributed by atoms with Gasteiger partial charge in [-0.3, -0.25) is 0 Å². The molecule has 0 radical (unpaired) electrons. The van der Waals surface area contributed by atoms with Crippen LogP contribution in [0.5, 0.6) is 0 Å². The highest BCUT2D eigenvalue weighted by Gasteiger charge is 2.92. The van der Waals surface area contributed by atoms with Crippen LogP contribution in [0.4, 0.5) is 114 Å². The van der Waals surface area contributed by atoms with E-state index >= 15 is 0 Å². The van der Waals surface area contributed by atoms with Gasteiger partial charge in [-0.1, -0.05) is 0 Å². The van der Waals surface area contributed by atoms with E-state index in [1.165, 1.54) is 0 Å². The van der Waals surface area contributed by atoms with Gasteiger partial charge in [0.25, 0.3) is 20.2 Å². The Bertz CT molecular complexity index is 1300. The summed E-state index contributed by atoms with van der Waals surface area (Å²) in [7, 11) is -13.7. The van der Waals surface area contributed by atoms with Crippen LogP contribution in [0.1, 0.15) is 12.8 Å². The zero-order valence-electron chi connectivity index (χ0n) is 21.5. The van der Waals surface area contributed by atoms with E-state index in [9.17, 15) is 131 Å². The van der Waals surface area contributed by atoms with Gasteiger partial charge in [-0.15, -0.1) is 3.63 Å². The smallest absolute Gasteiger partial charge is 0.200 e. The first-order valence-electron chi connectivity index (χ1n) is 10.7. The van der Waals surface area contributed by atoms with Crippen LogP contribution in [0, 0.1) is 0 Å². The number of hydrogen-bond acceptors (Lipinski definition) is 5. The molecule has 0 aromatic heterocycles. The zero-order chi connectivity index (χ0) is 40.5. The highest BCUT2D eigenvalue weighted by Crippen LogP contribution is 2.62. The Kier molecular flexibility index (Phi) is 11.8. The average Bonchev–Trinajstić information content (AvgIpc) is 2.83. The molecule has 0 rings (SSSR count). The van der Waals surface area contributed by atoms with Crippen molar-refractivity contribution in [2.45, 2.75) is 84.4 Å². The molecule has 0 saturated heterocycles. The predicted molar refractivity (Wildman–Crippen MR) is 99.5 cm³/mol. The van der Waals surface area contributed by atoms with Crippen molar-refractivity contribution in [2.24, 2.45) is 0 Å². The fourth-order valence-corrected chi connectivity index (χ4v) is 5.47. The Morgan fingerprint density at radius 3 is 0.673 bits per heavy atom. The molecule has 0 aliphatic heterocycles. The van der Waals surface area contributed by atoms with Crippen molar-refractivity contribution >= 4 is 20.2 Å². The molecule has 0 heterocycles. The molecule has 0 aliphatic carbocycles. The van der Waals surface area contributed by atoms with Crippen LogP contribution in [0.3, 0.4) is 0 Å². The van der Waals surface area contributed by atoms with E-state index in [-0.39, 0.29) is 0 Å². The first-order chi connectivity index (χ1) is 20.6. The molecule has 0 atom stereocenters. The Hall–Kier alpha value is -1.96. The van der Waals surface area contributed by atoms with E-state index in [0.29, 0.717) is 0 Å². The lowest BCUT2D eigenvalue weighted by Gasteiger charge is -2.39. The monoisotopic (exact) mass is 838 g/mol. The molecule has 0 spiro atoms. The Labute approximate surface area is 251 Å². The number of hydrogen-bond donors (Lipinski definition) is 0. The van der Waals surface area contributed by atoms with Crippen LogP contribution < -0.4 is 0 Å². The second kappa shape index (κ2) is 12.3. The number of halogens is 26. The first-order valence-corrected chi connectivity index (χ1v) is 13.9. The Morgan fingerprint density at radius 1 is 0.306 bits per heavy atom. The van der Waals surface area contributed by atoms with Gasteiger partial charge in [0.05, 0.1) is 11.5 Å². The van der Waals surface area contributed by atoms with Gasteiger partial charge in [0.1, 0.15) is 0 Å². The van der Waals surface area contributed by atoms with E-state index in [0.717, 1.165) is 0 Å². The van der Waals surface area contributed by atoms with Crippen molar-refractivity contribution in [2.75, 3.05) is 11.5 Å². The maximum absolute atomic E-state index is 13.7. The fourth-order valence-electron chi connectivity index (χ4n) is 2.65. The third-order valence-electron chi connectivity index (χ3n) is 5.54. The second-order valence-electron chi connectivity index (χ2n) is 9.09. The fraction of sp³-hybridized carbons (Fsp3) is 1.00. The Balaban J connectivity index is 6.19. The molecule has 0 unspecified atom stereocenters. The summed E-state index contributed by atoms with van der Waals surface area (Å²) in [6, 6.07) is 0. The standard InChI is InChI=1S/C16H8F26O5S2/c17-5(18,7(21,22)9(25,26)11(29,30)13(33,34)15(37,38)39)1-3-48(43,44)47-49(45,46)4-2-6(19,20)8(23,24)10(27,28)12(31,32)14(35,36)16(40,41)42/h1-4H2. The summed E-state index contributed by atoms with van der Waals surface area (Å²) >= 11 is 0. The maximum atomic E-state index is 13.7. The van der Waals surface area contributed by atoms with Gasteiger partial charge in [0.2, 0.25) is 0 Å². The molecule has 0 aromatic carbocycles. The van der Waals surface area contributed by atoms with Crippen LogP contribution in [-0.2, 0) is 23.9 Å². The molecule has 296 valence electrons. The second-order valence-corrected chi connectivity index (χ2v) is 12.7. The summed E-state index contributed by atoms with van der Waals surface area (Å²) in [5, 5.41) is 0. The van der Waals surface area contributed by atoms with Gasteiger partial charge in [0.15, 0.2) is 0 Å². The lowest BCUT2D eigenvalue weighted by molar-refractivity contribution is -0.439. The Morgan fingerprint density at radius 2 is 0.490 bits per heavy atom. The molecule has 0 N–H and O–H groups in total. The van der Waals surface area contributed by atoms with Crippen LogP contribution in [-0.4, -0.2) is 99.9 Å². The van der Waals surface area contributed by atoms with Gasteiger partial charge in [-0.25, -0.2) is 0 Å². The molecule has 33 heteroatoms. The molecule has 0 aromatic rings. The van der Waals surface area contributed by atoms with Crippen LogP contribution in [0.25, 0.3) is 0 Å². The minimum Gasteiger partial charge on any atom is -0.200 e. The molecule has 0 saturated carbocycles. The van der Waals surface area contributed by atoms with Crippen molar-refractivity contribution in [1.29, 1.82) is 0 Å². The van der Waals surface area contributed by atoms with Gasteiger partial charge >= 0.3 is 71.6 Å². The predicted octanol–water partition coefficient (Wildman–Crippen LogP) is 7.92. The van der Waals surface area contributed by atoms with Crippen molar-refractivity contribution < 1.29 is 135 Å². The summed E-state index contributed by atoms with van der Waals surface area (Å²) in [6.45, 7) is 0. The van der Waals surface area contributed by atoms with Crippen molar-refractivity contribution in [3.05, 3.63) is 0 Å². The average molecular weight is 838 g/mol. The van der Waals surface area contributed by atoms with Crippen molar-refractivity contribution in [3.63, 3.8) is 0 Å². The molecule has 0 aliphatic rings. The number of alkyl halides is 26. The third kappa shape index (κ3) is 7.65. The quantitative estimate of drug-likeness (QED) is 0.148. The minimum absolute atomic E-state index is 2.72. The first kappa shape index (κ1) is 47.0. The lowest BCUT2D eigenvalue weighted by atomic mass is 9.93. The highest BCUT2D eigenvalue weighted by molar-refractivity contribution is 7.99. The third-order valence-corrected chi connectivity index (χ3v) is 8.60. The molecular weight excluding hydrogens is 830 g/mol. The van der Waals surface area contributed by atoms with Crippen LogP contribution in [0.2, 0.25) is 0 Å². The summed E-state index contributed by atoms with van der Waals surface area (Å²) in [4.78, 5) is 0. The maximum Gasteiger partial charge on any atom is 0.460 e. The van der Waals surface area contributed by atoms with E-state index in [2.05, 4.69) is 3.63 Å². The van der Waals surface area contributed by atoms with Gasteiger partial charge < -0.3 is 0 Å². The van der Waals surface area contributed by atoms with E-state index in [4.69, 9.17) is 0 Å². The minimum atomic E-state index is -8.49. The molecule has 5 nitrogen and oxygen atoms in total. The summed E-state index contributed by atoms with van der Waals surface area (Å²) < 4.78 is 387. The topological polar surface area (TPSA) is 77.5 Å². The van der Waals surface area contributed by atoms with Crippen LogP contribution >= 0.6 is 0 Å². The van der Waals surface area contributed by atoms with E-state index in [1.54, 1.807) is 0 Å². The molecule has 0 bridgehead atoms. The largest absolute Gasteiger partial charge is 0.460 e.